The van der Waals surface area contributed by atoms with Gasteiger partial charge in [-0.3, -0.25) is 0 Å². The van der Waals surface area contributed by atoms with E-state index in [2.05, 4.69) is 0 Å². The van der Waals surface area contributed by atoms with E-state index in [1.807, 2.05) is 55.5 Å². The summed E-state index contributed by atoms with van der Waals surface area (Å²) in [4.78, 5) is 0. The van der Waals surface area contributed by atoms with Crippen molar-refractivity contribution in [3.8, 4) is 5.75 Å². The van der Waals surface area contributed by atoms with E-state index in [9.17, 15) is 0 Å². The Labute approximate surface area is 107 Å². The molecule has 0 atom stereocenters. The van der Waals surface area contributed by atoms with E-state index >= 15 is 0 Å². The smallest absolute Gasteiger partial charge is 0.189 e. The first-order valence-corrected chi connectivity index (χ1v) is 5.86. The monoisotopic (exact) mass is 243 g/mol. The van der Waals surface area contributed by atoms with Crippen molar-refractivity contribution in [2.45, 2.75) is 13.5 Å². The van der Waals surface area contributed by atoms with Gasteiger partial charge >= 0.3 is 0 Å². The van der Waals surface area contributed by atoms with E-state index in [-0.39, 0.29) is 6.79 Å². The third-order valence-electron chi connectivity index (χ3n) is 2.58. The minimum Gasteiger partial charge on any atom is -0.465 e. The lowest BCUT2D eigenvalue weighted by Gasteiger charge is -2.10. The van der Waals surface area contributed by atoms with Gasteiger partial charge in [0, 0.05) is 0 Å². The summed E-state index contributed by atoms with van der Waals surface area (Å²) in [6.07, 6.45) is 0. The summed E-state index contributed by atoms with van der Waals surface area (Å²) in [5, 5.41) is 0. The van der Waals surface area contributed by atoms with Crippen LogP contribution in [-0.4, -0.2) is 6.79 Å². The van der Waals surface area contributed by atoms with E-state index in [4.69, 9.17) is 15.2 Å². The lowest BCUT2D eigenvalue weighted by molar-refractivity contribution is 0.00544. The maximum Gasteiger partial charge on any atom is 0.189 e. The zero-order chi connectivity index (χ0) is 12.8. The lowest BCUT2D eigenvalue weighted by Crippen LogP contribution is -2.04. The fraction of sp³-hybridized carbons (Fsp3) is 0.200. The summed E-state index contributed by atoms with van der Waals surface area (Å²) in [7, 11) is 0. The van der Waals surface area contributed by atoms with Crippen LogP contribution in [0.3, 0.4) is 0 Å². The van der Waals surface area contributed by atoms with E-state index < -0.39 is 0 Å². The molecule has 0 saturated heterocycles. The van der Waals surface area contributed by atoms with Crippen LogP contribution < -0.4 is 10.5 Å². The van der Waals surface area contributed by atoms with Gasteiger partial charge in [-0.25, -0.2) is 0 Å². The number of nitrogens with two attached hydrogens (primary N) is 1. The highest BCUT2D eigenvalue weighted by Crippen LogP contribution is 2.22. The van der Waals surface area contributed by atoms with Crippen molar-refractivity contribution in [3.05, 3.63) is 59.7 Å². The molecule has 0 heterocycles. The Balaban J connectivity index is 1.80. The lowest BCUT2D eigenvalue weighted by atomic mass is 10.2. The highest BCUT2D eigenvalue weighted by molar-refractivity contribution is 5.53. The van der Waals surface area contributed by atoms with Gasteiger partial charge in [-0.15, -0.1) is 0 Å². The number of nitrogen functional groups attached to an aromatic ring is 1. The molecule has 0 spiro atoms. The SMILES string of the molecule is Cc1ccc(N)c(OCOCc2ccccc2)c1. The molecule has 0 aliphatic carbocycles. The molecule has 0 aliphatic heterocycles. The Morgan fingerprint density at radius 2 is 1.83 bits per heavy atom. The Morgan fingerprint density at radius 1 is 1.06 bits per heavy atom. The van der Waals surface area contributed by atoms with E-state index in [1.54, 1.807) is 0 Å². The molecule has 0 radical (unpaired) electrons. The predicted octanol–water partition coefficient (Wildman–Crippen LogP) is 3.13. The molecule has 2 N–H and O–H groups in total. The van der Waals surface area contributed by atoms with E-state index in [1.165, 1.54) is 0 Å². The molecular weight excluding hydrogens is 226 g/mol. The standard InChI is InChI=1S/C15H17NO2/c1-12-7-8-14(16)15(9-12)18-11-17-10-13-5-3-2-4-6-13/h2-9H,10-11,16H2,1H3. The maximum absolute atomic E-state index is 5.80. The average Bonchev–Trinajstić information content (AvgIpc) is 2.40. The van der Waals surface area contributed by atoms with Gasteiger partial charge in [0.1, 0.15) is 5.75 Å². The fourth-order valence-corrected chi connectivity index (χ4v) is 1.61. The van der Waals surface area contributed by atoms with Crippen LogP contribution in [-0.2, 0) is 11.3 Å². The second-order valence-electron chi connectivity index (χ2n) is 4.14. The number of aryl methyl sites for hydroxylation is 1. The number of rotatable bonds is 5. The zero-order valence-electron chi connectivity index (χ0n) is 10.4. The van der Waals surface area contributed by atoms with Crippen LogP contribution in [0.15, 0.2) is 48.5 Å². The van der Waals surface area contributed by atoms with E-state index in [0.717, 1.165) is 11.1 Å². The highest BCUT2D eigenvalue weighted by atomic mass is 16.7. The number of benzene rings is 2. The van der Waals surface area contributed by atoms with E-state index in [0.29, 0.717) is 18.0 Å². The molecule has 3 heteroatoms. The van der Waals surface area contributed by atoms with Gasteiger partial charge in [0.15, 0.2) is 6.79 Å². The minimum absolute atomic E-state index is 0.197. The molecule has 0 unspecified atom stereocenters. The van der Waals surface area contributed by atoms with Crippen molar-refractivity contribution >= 4 is 5.69 Å². The van der Waals surface area contributed by atoms with Crippen molar-refractivity contribution in [2.24, 2.45) is 0 Å². The Hall–Kier alpha value is -2.00. The number of hydrogen-bond acceptors (Lipinski definition) is 3. The second-order valence-corrected chi connectivity index (χ2v) is 4.14. The molecule has 0 amide bonds. The molecule has 0 fully saturated rings. The Bertz CT molecular complexity index is 497. The van der Waals surface area contributed by atoms with Gasteiger partial charge in [-0.1, -0.05) is 36.4 Å². The molecule has 2 aromatic rings. The van der Waals surface area contributed by atoms with Crippen LogP contribution in [0.1, 0.15) is 11.1 Å². The van der Waals surface area contributed by atoms with Crippen LogP contribution in [0, 0.1) is 6.92 Å². The summed E-state index contributed by atoms with van der Waals surface area (Å²) in [6.45, 7) is 2.73. The summed E-state index contributed by atoms with van der Waals surface area (Å²) >= 11 is 0. The third-order valence-corrected chi connectivity index (χ3v) is 2.58. The maximum atomic E-state index is 5.80. The molecule has 0 saturated carbocycles. The van der Waals surface area contributed by atoms with Gasteiger partial charge < -0.3 is 15.2 Å². The van der Waals surface area contributed by atoms with Crippen molar-refractivity contribution < 1.29 is 9.47 Å². The van der Waals surface area contributed by atoms with Crippen LogP contribution in [0.2, 0.25) is 0 Å². The van der Waals surface area contributed by atoms with Crippen LogP contribution in [0.25, 0.3) is 0 Å². The molecule has 0 aliphatic rings. The molecule has 18 heavy (non-hydrogen) atoms. The first-order valence-electron chi connectivity index (χ1n) is 5.86. The molecule has 0 aromatic heterocycles. The van der Waals surface area contributed by atoms with Crippen LogP contribution >= 0.6 is 0 Å². The topological polar surface area (TPSA) is 44.5 Å². The van der Waals surface area contributed by atoms with Gasteiger partial charge in [0.05, 0.1) is 12.3 Å². The third kappa shape index (κ3) is 3.50. The number of hydrogen-bond donors (Lipinski definition) is 1. The highest BCUT2D eigenvalue weighted by Gasteiger charge is 2.00. The first kappa shape index (κ1) is 12.5. The van der Waals surface area contributed by atoms with Gasteiger partial charge in [-0.2, -0.15) is 0 Å². The average molecular weight is 243 g/mol. The van der Waals surface area contributed by atoms with Gasteiger partial charge in [0.25, 0.3) is 0 Å². The molecular formula is C15H17NO2. The quantitative estimate of drug-likeness (QED) is 0.498. The Morgan fingerprint density at radius 3 is 2.61 bits per heavy atom. The minimum atomic E-state index is 0.197. The predicted molar refractivity (Wildman–Crippen MR) is 72.3 cm³/mol. The summed E-state index contributed by atoms with van der Waals surface area (Å²) in [5.74, 6) is 0.670. The molecule has 2 aromatic carbocycles. The molecule has 2 rings (SSSR count). The van der Waals surface area contributed by atoms with Gasteiger partial charge in [0.2, 0.25) is 0 Å². The summed E-state index contributed by atoms with van der Waals surface area (Å²) < 4.78 is 10.9. The fourth-order valence-electron chi connectivity index (χ4n) is 1.61. The van der Waals surface area contributed by atoms with Crippen LogP contribution in [0.4, 0.5) is 5.69 Å². The van der Waals surface area contributed by atoms with Crippen molar-refractivity contribution in [3.63, 3.8) is 0 Å². The number of anilines is 1. The molecule has 0 bridgehead atoms. The molecule has 3 nitrogen and oxygen atoms in total. The van der Waals surface area contributed by atoms with Crippen LogP contribution in [0.5, 0.6) is 5.75 Å². The second kappa shape index (κ2) is 6.07. The zero-order valence-corrected chi connectivity index (χ0v) is 10.4. The number of ether oxygens (including phenoxy) is 2. The van der Waals surface area contributed by atoms with Crippen molar-refractivity contribution in [2.75, 3.05) is 12.5 Å². The molecule has 94 valence electrons. The van der Waals surface area contributed by atoms with Crippen molar-refractivity contribution in [1.29, 1.82) is 0 Å². The summed E-state index contributed by atoms with van der Waals surface area (Å²) in [6, 6.07) is 15.7. The normalized spacial score (nSPS) is 10.3. The largest absolute Gasteiger partial charge is 0.465 e. The van der Waals surface area contributed by atoms with Crippen molar-refractivity contribution in [1.82, 2.24) is 0 Å². The summed E-state index contributed by atoms with van der Waals surface area (Å²) in [5.41, 5.74) is 8.67. The Kier molecular flexibility index (Phi) is 4.20. The first-order chi connectivity index (χ1) is 8.75. The van der Waals surface area contributed by atoms with Gasteiger partial charge in [-0.05, 0) is 30.2 Å².